The molecule has 0 saturated heterocycles. The normalized spacial score (nSPS) is 12.5. The van der Waals surface area contributed by atoms with Gasteiger partial charge in [0, 0.05) is 48.6 Å². The van der Waals surface area contributed by atoms with Crippen LogP contribution in [0.25, 0.3) is 11.1 Å². The molecule has 0 spiro atoms. The van der Waals surface area contributed by atoms with Crippen LogP contribution in [0, 0.1) is 12.7 Å². The van der Waals surface area contributed by atoms with Crippen molar-refractivity contribution in [3.63, 3.8) is 0 Å². The Hall–Kier alpha value is -3.15. The Labute approximate surface area is 162 Å². The summed E-state index contributed by atoms with van der Waals surface area (Å²) in [7, 11) is 0. The molecule has 28 heavy (non-hydrogen) atoms. The van der Waals surface area contributed by atoms with Gasteiger partial charge in [0.05, 0.1) is 6.61 Å². The summed E-state index contributed by atoms with van der Waals surface area (Å²) in [6.07, 6.45) is 4.24. The molecule has 5 nitrogen and oxygen atoms in total. The third-order valence-electron chi connectivity index (χ3n) is 5.03. The Morgan fingerprint density at radius 1 is 1.25 bits per heavy atom. The predicted octanol–water partition coefficient (Wildman–Crippen LogP) is 3.92. The number of pyridine rings is 2. The number of hydrogen-bond acceptors (Lipinski definition) is 4. The zero-order valence-electron chi connectivity index (χ0n) is 16.0. The van der Waals surface area contributed by atoms with E-state index in [2.05, 4.69) is 10.3 Å². The first kappa shape index (κ1) is 18.2. The molecule has 0 atom stereocenters. The zero-order chi connectivity index (χ0) is 19.7. The maximum absolute atomic E-state index is 14.3. The minimum absolute atomic E-state index is 0.102. The van der Waals surface area contributed by atoms with Crippen LogP contribution in [-0.2, 0) is 19.5 Å². The number of rotatable bonds is 5. The Morgan fingerprint density at radius 3 is 2.89 bits per heavy atom. The molecule has 6 heteroatoms. The molecule has 0 fully saturated rings. The first-order valence-electron chi connectivity index (χ1n) is 9.41. The van der Waals surface area contributed by atoms with Crippen molar-refractivity contribution in [3.8, 4) is 16.9 Å². The number of anilines is 1. The van der Waals surface area contributed by atoms with Gasteiger partial charge in [0.25, 0.3) is 5.56 Å². The van der Waals surface area contributed by atoms with E-state index in [0.29, 0.717) is 35.8 Å². The van der Waals surface area contributed by atoms with Crippen molar-refractivity contribution in [2.75, 3.05) is 11.9 Å². The highest BCUT2D eigenvalue weighted by Gasteiger charge is 2.20. The van der Waals surface area contributed by atoms with E-state index >= 15 is 0 Å². The highest BCUT2D eigenvalue weighted by molar-refractivity contribution is 5.63. The highest BCUT2D eigenvalue weighted by atomic mass is 19.1. The van der Waals surface area contributed by atoms with Gasteiger partial charge >= 0.3 is 0 Å². The van der Waals surface area contributed by atoms with Gasteiger partial charge in [0.1, 0.15) is 17.4 Å². The summed E-state index contributed by atoms with van der Waals surface area (Å²) in [6, 6.07) is 8.83. The quantitative estimate of drug-likeness (QED) is 0.730. The maximum Gasteiger partial charge on any atom is 0.260 e. The van der Waals surface area contributed by atoms with Crippen molar-refractivity contribution < 1.29 is 9.13 Å². The third-order valence-corrected chi connectivity index (χ3v) is 5.03. The van der Waals surface area contributed by atoms with Crippen molar-refractivity contribution in [1.29, 1.82) is 0 Å². The molecule has 4 rings (SSSR count). The maximum atomic E-state index is 14.3. The summed E-state index contributed by atoms with van der Waals surface area (Å²) >= 11 is 0. The van der Waals surface area contributed by atoms with Crippen molar-refractivity contribution in [1.82, 2.24) is 9.55 Å². The molecule has 1 aliphatic rings. The van der Waals surface area contributed by atoms with Crippen molar-refractivity contribution in [3.05, 3.63) is 75.6 Å². The van der Waals surface area contributed by atoms with Crippen LogP contribution < -0.4 is 15.6 Å². The molecule has 0 unspecified atom stereocenters. The highest BCUT2D eigenvalue weighted by Crippen LogP contribution is 2.32. The molecule has 1 aliphatic heterocycles. The Bertz CT molecular complexity index is 1090. The number of aromatic nitrogens is 2. The van der Waals surface area contributed by atoms with E-state index in [0.717, 1.165) is 23.1 Å². The molecule has 0 bridgehead atoms. The second-order valence-electron chi connectivity index (χ2n) is 6.90. The zero-order valence-corrected chi connectivity index (χ0v) is 16.0. The SMILES string of the molecule is CCn1c(NCc2c(F)ccc3c2OCC3)ccc(-c2cncc(C)c2)c1=O. The van der Waals surface area contributed by atoms with E-state index in [9.17, 15) is 9.18 Å². The number of ether oxygens (including phenoxy) is 1. The minimum Gasteiger partial charge on any atom is -0.492 e. The second kappa shape index (κ2) is 7.46. The fourth-order valence-corrected chi connectivity index (χ4v) is 3.60. The molecule has 1 N–H and O–H groups in total. The molecule has 0 saturated carbocycles. The van der Waals surface area contributed by atoms with E-state index < -0.39 is 0 Å². The van der Waals surface area contributed by atoms with E-state index in [-0.39, 0.29) is 17.9 Å². The largest absolute Gasteiger partial charge is 0.492 e. The molecular formula is C22H22FN3O2. The van der Waals surface area contributed by atoms with Crippen LogP contribution in [-0.4, -0.2) is 16.2 Å². The van der Waals surface area contributed by atoms with Gasteiger partial charge in [-0.1, -0.05) is 6.07 Å². The summed E-state index contributed by atoms with van der Waals surface area (Å²) < 4.78 is 21.6. The molecule has 0 radical (unpaired) electrons. The number of benzene rings is 1. The topological polar surface area (TPSA) is 56.1 Å². The number of fused-ring (bicyclic) bond motifs is 1. The Balaban J connectivity index is 1.66. The summed E-state index contributed by atoms with van der Waals surface area (Å²) in [4.78, 5) is 17.2. The van der Waals surface area contributed by atoms with Gasteiger partial charge in [-0.05, 0) is 49.2 Å². The predicted molar refractivity (Wildman–Crippen MR) is 107 cm³/mol. The number of aryl methyl sites for hydroxylation is 1. The molecule has 3 aromatic rings. The first-order valence-corrected chi connectivity index (χ1v) is 9.41. The summed E-state index contributed by atoms with van der Waals surface area (Å²) in [5.74, 6) is 0.966. The summed E-state index contributed by atoms with van der Waals surface area (Å²) in [5, 5.41) is 3.21. The molecule has 2 aromatic heterocycles. The molecular weight excluding hydrogens is 357 g/mol. The first-order chi connectivity index (χ1) is 13.6. The van der Waals surface area contributed by atoms with Crippen molar-refractivity contribution in [2.45, 2.75) is 33.4 Å². The van der Waals surface area contributed by atoms with Gasteiger partial charge in [-0.3, -0.25) is 14.3 Å². The lowest BCUT2D eigenvalue weighted by atomic mass is 10.1. The minimum atomic E-state index is -0.305. The second-order valence-corrected chi connectivity index (χ2v) is 6.90. The fourth-order valence-electron chi connectivity index (χ4n) is 3.60. The fraction of sp³-hybridized carbons (Fsp3) is 0.273. The van der Waals surface area contributed by atoms with Gasteiger partial charge in [-0.15, -0.1) is 0 Å². The summed E-state index contributed by atoms with van der Waals surface area (Å²) in [6.45, 7) is 5.18. The number of nitrogens with one attached hydrogen (secondary N) is 1. The Morgan fingerprint density at radius 2 is 2.11 bits per heavy atom. The van der Waals surface area contributed by atoms with E-state index in [4.69, 9.17) is 4.74 Å². The molecule has 3 heterocycles. The van der Waals surface area contributed by atoms with E-state index in [1.807, 2.05) is 26.0 Å². The van der Waals surface area contributed by atoms with Crippen LogP contribution in [0.3, 0.4) is 0 Å². The van der Waals surface area contributed by atoms with Gasteiger partial charge in [-0.25, -0.2) is 4.39 Å². The third kappa shape index (κ3) is 3.26. The summed E-state index contributed by atoms with van der Waals surface area (Å²) in [5.41, 5.74) is 3.80. The lowest BCUT2D eigenvalue weighted by molar-refractivity contribution is 0.351. The van der Waals surface area contributed by atoms with E-state index in [1.54, 1.807) is 29.1 Å². The van der Waals surface area contributed by atoms with Crippen molar-refractivity contribution in [2.24, 2.45) is 0 Å². The number of halogens is 1. The van der Waals surface area contributed by atoms with Crippen LogP contribution >= 0.6 is 0 Å². The number of hydrogen-bond donors (Lipinski definition) is 1. The molecule has 1 aromatic carbocycles. The van der Waals surface area contributed by atoms with Crippen LogP contribution in [0.4, 0.5) is 10.2 Å². The average molecular weight is 379 g/mol. The van der Waals surface area contributed by atoms with Gasteiger partial charge < -0.3 is 10.1 Å². The number of nitrogens with zero attached hydrogens (tertiary/aromatic N) is 2. The van der Waals surface area contributed by atoms with Crippen molar-refractivity contribution >= 4 is 5.82 Å². The smallest absolute Gasteiger partial charge is 0.260 e. The lowest BCUT2D eigenvalue weighted by Crippen LogP contribution is -2.24. The van der Waals surface area contributed by atoms with Crippen LogP contribution in [0.15, 0.2) is 47.5 Å². The van der Waals surface area contributed by atoms with Gasteiger partial charge in [0.15, 0.2) is 0 Å². The van der Waals surface area contributed by atoms with Gasteiger partial charge in [-0.2, -0.15) is 0 Å². The standard InChI is InChI=1S/C22H22FN3O2/c1-3-26-20(7-5-17(22(26)27)16-10-14(2)11-24-12-16)25-13-18-19(23)6-4-15-8-9-28-21(15)18/h4-7,10-12,25H,3,8-9,13H2,1-2H3. The van der Waals surface area contributed by atoms with Gasteiger partial charge in [0.2, 0.25) is 0 Å². The average Bonchev–Trinajstić information content (AvgIpc) is 3.16. The lowest BCUT2D eigenvalue weighted by Gasteiger charge is -2.16. The molecule has 144 valence electrons. The Kier molecular flexibility index (Phi) is 4.86. The van der Waals surface area contributed by atoms with E-state index in [1.165, 1.54) is 6.07 Å². The van der Waals surface area contributed by atoms with Crippen LogP contribution in [0.2, 0.25) is 0 Å². The monoisotopic (exact) mass is 379 g/mol. The van der Waals surface area contributed by atoms with Crippen LogP contribution in [0.1, 0.15) is 23.6 Å². The van der Waals surface area contributed by atoms with Crippen LogP contribution in [0.5, 0.6) is 5.75 Å². The molecule has 0 aliphatic carbocycles. The molecule has 0 amide bonds.